The summed E-state index contributed by atoms with van der Waals surface area (Å²) in [7, 11) is -2.11. The van der Waals surface area contributed by atoms with Gasteiger partial charge in [0.15, 0.2) is 9.84 Å². The van der Waals surface area contributed by atoms with Crippen molar-refractivity contribution in [2.24, 2.45) is 5.92 Å². The number of nitrogens with one attached hydrogen (secondary N) is 3. The summed E-state index contributed by atoms with van der Waals surface area (Å²) >= 11 is 0. The third-order valence-corrected chi connectivity index (χ3v) is 6.72. The van der Waals surface area contributed by atoms with Gasteiger partial charge in [-0.2, -0.15) is 0 Å². The van der Waals surface area contributed by atoms with Gasteiger partial charge in [0.1, 0.15) is 11.6 Å². The second-order valence-electron chi connectivity index (χ2n) is 6.89. The fraction of sp³-hybridized carbons (Fsp3) is 0.455. The van der Waals surface area contributed by atoms with Gasteiger partial charge in [-0.3, -0.25) is 14.8 Å². The number of benzene rings is 1. The van der Waals surface area contributed by atoms with Crippen molar-refractivity contribution in [3.05, 3.63) is 48.6 Å². The first-order valence-corrected chi connectivity index (χ1v) is 11.9. The summed E-state index contributed by atoms with van der Waals surface area (Å²) in [5, 5.41) is 14.6. The monoisotopic (exact) mass is 465 g/mol. The molecule has 2 saturated heterocycles. The predicted molar refractivity (Wildman–Crippen MR) is 122 cm³/mol. The Morgan fingerprint density at radius 1 is 1.22 bits per heavy atom. The quantitative estimate of drug-likeness (QED) is 0.215. The lowest BCUT2D eigenvalue weighted by atomic mass is 9.95. The third-order valence-electron chi connectivity index (χ3n) is 4.86. The molecular weight excluding hydrogens is 434 g/mol. The molecule has 176 valence electrons. The molecule has 0 spiro atoms. The standard InChI is InChI=1S/C18H21N3O6S.C2H6.C2H4/c1-27-18(10-28(25,26)11-18)15(17(23)21-24)20-16(22)14-6-4-12(5-7-14)2-3-13-8-19-9-13;2*1-2/h4-7,13,15,19,24H,8-11H2,1H3,(H,20,22)(H,21,23);1-2H3;1-2H2. The molecule has 0 aliphatic carbocycles. The van der Waals surface area contributed by atoms with E-state index < -0.39 is 44.8 Å². The molecule has 0 aromatic heterocycles. The van der Waals surface area contributed by atoms with E-state index in [-0.39, 0.29) is 5.56 Å². The van der Waals surface area contributed by atoms with Crippen LogP contribution in [0.3, 0.4) is 0 Å². The lowest BCUT2D eigenvalue weighted by Gasteiger charge is -2.44. The molecule has 1 atom stereocenters. The lowest BCUT2D eigenvalue weighted by Crippen LogP contribution is -2.71. The van der Waals surface area contributed by atoms with E-state index in [4.69, 9.17) is 9.94 Å². The molecule has 0 bridgehead atoms. The number of amides is 2. The summed E-state index contributed by atoms with van der Waals surface area (Å²) in [6.07, 6.45) is 0. The largest absolute Gasteiger partial charge is 0.373 e. The molecule has 2 heterocycles. The average Bonchev–Trinajstić information content (AvgIpc) is 2.77. The Bertz CT molecular complexity index is 934. The van der Waals surface area contributed by atoms with Crippen molar-refractivity contribution in [2.75, 3.05) is 31.7 Å². The number of sulfone groups is 1. The fourth-order valence-electron chi connectivity index (χ4n) is 3.10. The average molecular weight is 466 g/mol. The molecule has 1 unspecified atom stereocenters. The Labute approximate surface area is 189 Å². The van der Waals surface area contributed by atoms with E-state index in [1.54, 1.807) is 24.3 Å². The fourth-order valence-corrected chi connectivity index (χ4v) is 5.07. The van der Waals surface area contributed by atoms with Crippen LogP contribution in [0.4, 0.5) is 0 Å². The minimum Gasteiger partial charge on any atom is -0.373 e. The Kier molecular flexibility index (Phi) is 10.6. The number of carbonyl (C=O) groups is 2. The molecule has 3 rings (SSSR count). The highest BCUT2D eigenvalue weighted by Gasteiger charge is 2.57. The Morgan fingerprint density at radius 3 is 2.19 bits per heavy atom. The van der Waals surface area contributed by atoms with E-state index in [1.807, 2.05) is 13.8 Å². The molecule has 2 fully saturated rings. The molecule has 2 amide bonds. The molecule has 0 saturated carbocycles. The maximum absolute atomic E-state index is 12.6. The first kappa shape index (κ1) is 27.3. The van der Waals surface area contributed by atoms with Crippen molar-refractivity contribution in [3.8, 4) is 11.8 Å². The van der Waals surface area contributed by atoms with Gasteiger partial charge in [0, 0.05) is 37.2 Å². The van der Waals surface area contributed by atoms with E-state index in [9.17, 15) is 18.0 Å². The SMILES string of the molecule is C=C.CC.COC1(C(NC(=O)c2ccc(C#CC3CNC3)cc2)C(=O)NO)CS(=O)(=O)C1. The third kappa shape index (κ3) is 6.64. The van der Waals surface area contributed by atoms with Crippen molar-refractivity contribution < 1.29 is 28.0 Å². The molecule has 2 aliphatic rings. The van der Waals surface area contributed by atoms with Gasteiger partial charge in [-0.05, 0) is 24.3 Å². The van der Waals surface area contributed by atoms with Crippen LogP contribution in [-0.2, 0) is 19.4 Å². The van der Waals surface area contributed by atoms with Crippen LogP contribution < -0.4 is 16.1 Å². The van der Waals surface area contributed by atoms with Crippen LogP contribution in [-0.4, -0.2) is 68.8 Å². The first-order valence-electron chi connectivity index (χ1n) is 10.1. The topological polar surface area (TPSA) is 134 Å². The minimum atomic E-state index is -3.36. The molecular formula is C22H31N3O6S. The Balaban J connectivity index is 0.00000121. The molecule has 0 radical (unpaired) electrons. The van der Waals surface area contributed by atoms with E-state index in [1.165, 1.54) is 12.6 Å². The Hall–Kier alpha value is -2.71. The van der Waals surface area contributed by atoms with Crippen molar-refractivity contribution in [1.82, 2.24) is 16.1 Å². The number of carbonyl (C=O) groups excluding carboxylic acids is 2. The number of rotatable bonds is 5. The van der Waals surface area contributed by atoms with Crippen LogP contribution in [0.1, 0.15) is 29.8 Å². The van der Waals surface area contributed by atoms with Gasteiger partial charge >= 0.3 is 0 Å². The number of hydrogen-bond donors (Lipinski definition) is 4. The normalized spacial score (nSPS) is 18.2. The summed E-state index contributed by atoms with van der Waals surface area (Å²) in [4.78, 5) is 24.6. The summed E-state index contributed by atoms with van der Waals surface area (Å²) in [6, 6.07) is 5.13. The number of hydrogen-bond acceptors (Lipinski definition) is 7. The molecule has 32 heavy (non-hydrogen) atoms. The summed E-state index contributed by atoms with van der Waals surface area (Å²) in [6.45, 7) is 11.7. The second kappa shape index (κ2) is 12.4. The second-order valence-corrected chi connectivity index (χ2v) is 8.95. The molecule has 4 N–H and O–H groups in total. The first-order chi connectivity index (χ1) is 15.3. The van der Waals surface area contributed by atoms with Crippen LogP contribution >= 0.6 is 0 Å². The van der Waals surface area contributed by atoms with E-state index in [2.05, 4.69) is 35.6 Å². The van der Waals surface area contributed by atoms with Crippen molar-refractivity contribution in [3.63, 3.8) is 0 Å². The highest BCUT2D eigenvalue weighted by atomic mass is 32.2. The van der Waals surface area contributed by atoms with E-state index >= 15 is 0 Å². The van der Waals surface area contributed by atoms with Gasteiger partial charge in [0.25, 0.3) is 11.8 Å². The van der Waals surface area contributed by atoms with Gasteiger partial charge in [0.05, 0.1) is 11.5 Å². The molecule has 9 nitrogen and oxygen atoms in total. The minimum absolute atomic E-state index is 0.264. The van der Waals surface area contributed by atoms with Crippen LogP contribution in [0.15, 0.2) is 37.4 Å². The van der Waals surface area contributed by atoms with Crippen LogP contribution in [0, 0.1) is 17.8 Å². The molecule has 1 aromatic rings. The maximum atomic E-state index is 12.6. The predicted octanol–water partition coefficient (Wildman–Crippen LogP) is 0.503. The van der Waals surface area contributed by atoms with Crippen molar-refractivity contribution in [1.29, 1.82) is 0 Å². The van der Waals surface area contributed by atoms with Gasteiger partial charge in [-0.15, -0.1) is 13.2 Å². The summed E-state index contributed by atoms with van der Waals surface area (Å²) in [5.74, 6) is 4.08. The van der Waals surface area contributed by atoms with Crippen LogP contribution in [0.25, 0.3) is 0 Å². The van der Waals surface area contributed by atoms with Gasteiger partial charge in [0.2, 0.25) is 0 Å². The Morgan fingerprint density at radius 2 is 1.78 bits per heavy atom. The molecule has 10 heteroatoms. The zero-order chi connectivity index (χ0) is 24.4. The zero-order valence-electron chi connectivity index (χ0n) is 18.6. The zero-order valence-corrected chi connectivity index (χ0v) is 19.4. The number of hydroxylamine groups is 1. The summed E-state index contributed by atoms with van der Waals surface area (Å²) in [5.41, 5.74) is 1.05. The van der Waals surface area contributed by atoms with E-state index in [0.717, 1.165) is 18.7 Å². The maximum Gasteiger partial charge on any atom is 0.268 e. The van der Waals surface area contributed by atoms with Gasteiger partial charge < -0.3 is 15.4 Å². The number of methoxy groups -OCH3 is 1. The molecule has 1 aromatic carbocycles. The highest BCUT2D eigenvalue weighted by Crippen LogP contribution is 2.31. The van der Waals surface area contributed by atoms with E-state index in [0.29, 0.717) is 5.92 Å². The summed E-state index contributed by atoms with van der Waals surface area (Å²) < 4.78 is 28.4. The van der Waals surface area contributed by atoms with Gasteiger partial charge in [-0.1, -0.05) is 25.7 Å². The van der Waals surface area contributed by atoms with Gasteiger partial charge in [-0.25, -0.2) is 13.9 Å². The molecule has 2 aliphatic heterocycles. The van der Waals surface area contributed by atoms with Crippen molar-refractivity contribution >= 4 is 21.7 Å². The highest BCUT2D eigenvalue weighted by molar-refractivity contribution is 7.93. The van der Waals surface area contributed by atoms with Crippen LogP contribution in [0.5, 0.6) is 0 Å². The van der Waals surface area contributed by atoms with Crippen molar-refractivity contribution in [2.45, 2.75) is 25.5 Å². The van der Waals surface area contributed by atoms with Crippen LogP contribution in [0.2, 0.25) is 0 Å². The lowest BCUT2D eigenvalue weighted by molar-refractivity contribution is -0.138. The number of ether oxygens (including phenoxy) is 1. The smallest absolute Gasteiger partial charge is 0.268 e.